The summed E-state index contributed by atoms with van der Waals surface area (Å²) in [6.45, 7) is -0.346. The third-order valence-corrected chi connectivity index (χ3v) is 1.77. The zero-order valence-electron chi connectivity index (χ0n) is 4.89. The van der Waals surface area contributed by atoms with Crippen LogP contribution in [-0.4, -0.2) is 17.9 Å². The minimum atomic E-state index is -0.346. The van der Waals surface area contributed by atoms with Crippen molar-refractivity contribution in [3.05, 3.63) is 10.4 Å². The van der Waals surface area contributed by atoms with Crippen LogP contribution in [0.1, 0.15) is 1.37 Å². The van der Waals surface area contributed by atoms with Crippen molar-refractivity contribution in [3.63, 3.8) is 0 Å². The van der Waals surface area contributed by atoms with Gasteiger partial charge in [-0.25, -0.2) is 4.31 Å². The maximum Gasteiger partial charge on any atom is 0.0501 e. The van der Waals surface area contributed by atoms with Gasteiger partial charge in [-0.1, -0.05) is 11.6 Å². The van der Waals surface area contributed by atoms with Crippen molar-refractivity contribution in [2.24, 2.45) is 0 Å². The Morgan fingerprint density at radius 2 is 3.00 bits per heavy atom. The number of nitrogens with zero attached hydrogens (tertiary/aromatic N) is 1. The van der Waals surface area contributed by atoms with Crippen LogP contribution >= 0.6 is 23.5 Å². The standard InChI is InChI=1S/C4H6ClNS/c1-6-2-4(5)3-7-6/h3H,2H2,1H3/i2D. The molecule has 0 radical (unpaired) electrons. The average Bonchev–Trinajstić information content (AvgIpc) is 1.98. The Balaban J connectivity index is 2.59. The molecular formula is C4H6ClNS. The van der Waals surface area contributed by atoms with E-state index in [1.165, 1.54) is 11.9 Å². The first-order valence-electron chi connectivity index (χ1n) is 2.47. The second-order valence-electron chi connectivity index (χ2n) is 1.28. The first-order valence-corrected chi connectivity index (χ1v) is 3.10. The zero-order chi connectivity index (χ0) is 6.15. The Morgan fingerprint density at radius 1 is 2.29 bits per heavy atom. The second-order valence-corrected chi connectivity index (χ2v) is 2.74. The van der Waals surface area contributed by atoms with Crippen LogP contribution in [-0.2, 0) is 0 Å². The van der Waals surface area contributed by atoms with Gasteiger partial charge >= 0.3 is 0 Å². The highest BCUT2D eigenvalue weighted by atomic mass is 35.5. The van der Waals surface area contributed by atoms with Gasteiger partial charge in [0, 0.05) is 17.0 Å². The Bertz CT molecular complexity index is 127. The van der Waals surface area contributed by atoms with E-state index >= 15 is 0 Å². The largest absolute Gasteiger partial charge is 0.245 e. The van der Waals surface area contributed by atoms with E-state index in [9.17, 15) is 0 Å². The Hall–Kier alpha value is 0.340. The van der Waals surface area contributed by atoms with Gasteiger partial charge in [0.25, 0.3) is 0 Å². The summed E-state index contributed by atoms with van der Waals surface area (Å²) in [4.78, 5) is 0. The first kappa shape index (κ1) is 4.24. The summed E-state index contributed by atoms with van der Waals surface area (Å²) >= 11 is 7.03. The molecule has 3 heteroatoms. The molecule has 0 N–H and O–H groups in total. The molecule has 1 unspecified atom stereocenters. The lowest BCUT2D eigenvalue weighted by atomic mass is 10.6. The van der Waals surface area contributed by atoms with Crippen molar-refractivity contribution in [1.29, 1.82) is 0 Å². The maximum atomic E-state index is 7.25. The van der Waals surface area contributed by atoms with Crippen LogP contribution < -0.4 is 0 Å². The molecule has 0 aromatic rings. The second kappa shape index (κ2) is 2.07. The highest BCUT2D eigenvalue weighted by Gasteiger charge is 2.06. The summed E-state index contributed by atoms with van der Waals surface area (Å²) < 4.78 is 9.03. The molecule has 1 atom stereocenters. The SMILES string of the molecule is [2H]C1C(Cl)=CSN1C. The first-order chi connectivity index (χ1) is 3.72. The lowest BCUT2D eigenvalue weighted by Gasteiger charge is -2.00. The number of likely N-dealkylation sites (N-methyl/N-ethyl adjacent to an activating group) is 1. The van der Waals surface area contributed by atoms with Gasteiger partial charge in [0.2, 0.25) is 0 Å². The third-order valence-electron chi connectivity index (χ3n) is 0.637. The molecule has 0 saturated heterocycles. The Morgan fingerprint density at radius 3 is 3.14 bits per heavy atom. The lowest BCUT2D eigenvalue weighted by Crippen LogP contribution is -2.03. The fraction of sp³-hybridized carbons (Fsp3) is 0.500. The summed E-state index contributed by atoms with van der Waals surface area (Å²) in [5.41, 5.74) is 0. The fourth-order valence-corrected chi connectivity index (χ4v) is 1.19. The summed E-state index contributed by atoms with van der Waals surface area (Å²) in [7, 11) is 1.84. The molecule has 0 amide bonds. The molecule has 1 nitrogen and oxygen atoms in total. The van der Waals surface area contributed by atoms with Gasteiger partial charge in [0.05, 0.1) is 1.37 Å². The summed E-state index contributed by atoms with van der Waals surface area (Å²) in [6, 6.07) is 0. The number of hydrogen-bond acceptors (Lipinski definition) is 2. The molecule has 7 heavy (non-hydrogen) atoms. The van der Waals surface area contributed by atoms with E-state index in [0.717, 1.165) is 0 Å². The van der Waals surface area contributed by atoms with E-state index in [0.29, 0.717) is 5.03 Å². The van der Waals surface area contributed by atoms with Crippen molar-refractivity contribution in [1.82, 2.24) is 4.31 Å². The Kier molecular flexibility index (Phi) is 1.26. The van der Waals surface area contributed by atoms with Crippen molar-refractivity contribution in [2.75, 3.05) is 13.6 Å². The molecule has 0 bridgehead atoms. The molecule has 1 heterocycles. The molecule has 0 fully saturated rings. The lowest BCUT2D eigenvalue weighted by molar-refractivity contribution is 0.645. The van der Waals surface area contributed by atoms with Gasteiger partial charge in [-0.15, -0.1) is 0 Å². The zero-order valence-corrected chi connectivity index (χ0v) is 5.46. The van der Waals surface area contributed by atoms with Crippen LogP contribution in [0.3, 0.4) is 0 Å². The molecule has 40 valence electrons. The fourth-order valence-electron chi connectivity index (χ4n) is 0.368. The van der Waals surface area contributed by atoms with E-state index in [2.05, 4.69) is 0 Å². The smallest absolute Gasteiger partial charge is 0.0501 e. The van der Waals surface area contributed by atoms with Crippen LogP contribution in [0, 0.1) is 0 Å². The van der Waals surface area contributed by atoms with Gasteiger partial charge in [-0.05, 0) is 19.0 Å². The molecule has 1 rings (SSSR count). The van der Waals surface area contributed by atoms with Crippen LogP contribution in [0.25, 0.3) is 0 Å². The molecule has 0 aromatic heterocycles. The van der Waals surface area contributed by atoms with Crippen molar-refractivity contribution in [2.45, 2.75) is 0 Å². The predicted octanol–water partition coefficient (Wildman–Crippen LogP) is 1.66. The minimum absolute atomic E-state index is 0.346. The van der Waals surface area contributed by atoms with Gasteiger partial charge in [0.1, 0.15) is 0 Å². The molecule has 0 spiro atoms. The molecule has 1 aliphatic rings. The number of halogens is 1. The highest BCUT2D eigenvalue weighted by molar-refractivity contribution is 8.00. The quantitative estimate of drug-likeness (QED) is 0.466. The van der Waals surface area contributed by atoms with Crippen LogP contribution in [0.5, 0.6) is 0 Å². The molecule has 1 aliphatic heterocycles. The third kappa shape index (κ3) is 1.37. The summed E-state index contributed by atoms with van der Waals surface area (Å²) in [5, 5.41) is 2.39. The summed E-state index contributed by atoms with van der Waals surface area (Å²) in [6.07, 6.45) is 0. The molecule has 0 saturated carbocycles. The van der Waals surface area contributed by atoms with Gasteiger partial charge < -0.3 is 0 Å². The summed E-state index contributed by atoms with van der Waals surface area (Å²) in [5.74, 6) is 0. The van der Waals surface area contributed by atoms with Crippen molar-refractivity contribution in [3.8, 4) is 0 Å². The van der Waals surface area contributed by atoms with Crippen LogP contribution in [0.2, 0.25) is 0 Å². The van der Waals surface area contributed by atoms with Gasteiger partial charge in [0.15, 0.2) is 0 Å². The maximum absolute atomic E-state index is 7.25. The van der Waals surface area contributed by atoms with E-state index in [1.54, 1.807) is 9.71 Å². The van der Waals surface area contributed by atoms with Crippen molar-refractivity contribution >= 4 is 23.5 Å². The normalized spacial score (nSPS) is 35.4. The topological polar surface area (TPSA) is 3.24 Å². The van der Waals surface area contributed by atoms with Gasteiger partial charge in [-0.3, -0.25) is 0 Å². The van der Waals surface area contributed by atoms with Crippen LogP contribution in [0.4, 0.5) is 0 Å². The minimum Gasteiger partial charge on any atom is -0.245 e. The van der Waals surface area contributed by atoms with E-state index in [4.69, 9.17) is 13.0 Å². The van der Waals surface area contributed by atoms with Crippen LogP contribution in [0.15, 0.2) is 10.4 Å². The molecule has 0 aromatic carbocycles. The molecular weight excluding hydrogens is 130 g/mol. The monoisotopic (exact) mass is 136 g/mol. The van der Waals surface area contributed by atoms with E-state index in [1.807, 2.05) is 7.05 Å². The number of hydrogen-bond donors (Lipinski definition) is 0. The number of rotatable bonds is 0. The van der Waals surface area contributed by atoms with E-state index < -0.39 is 0 Å². The van der Waals surface area contributed by atoms with Crippen molar-refractivity contribution < 1.29 is 1.37 Å². The predicted molar refractivity (Wildman–Crippen MR) is 34.2 cm³/mol. The van der Waals surface area contributed by atoms with Gasteiger partial charge in [-0.2, -0.15) is 0 Å². The highest BCUT2D eigenvalue weighted by Crippen LogP contribution is 2.23. The molecule has 0 aliphatic carbocycles. The Labute approximate surface area is 53.9 Å². The average molecular weight is 137 g/mol. The van der Waals surface area contributed by atoms with E-state index in [-0.39, 0.29) is 6.52 Å².